The molecule has 0 aliphatic rings. The summed E-state index contributed by atoms with van der Waals surface area (Å²) < 4.78 is 0. The van der Waals surface area contributed by atoms with E-state index in [9.17, 15) is 9.59 Å². The van der Waals surface area contributed by atoms with Crippen molar-refractivity contribution < 1.29 is 14.7 Å². The van der Waals surface area contributed by atoms with Gasteiger partial charge in [-0.15, -0.1) is 12.6 Å². The highest BCUT2D eigenvalue weighted by Gasteiger charge is 2.08. The molecule has 1 N–H and O–H groups in total. The zero-order valence-electron chi connectivity index (χ0n) is 7.18. The molecule has 0 heterocycles. The van der Waals surface area contributed by atoms with Gasteiger partial charge in [0.25, 0.3) is 0 Å². The lowest BCUT2D eigenvalue weighted by atomic mass is 10.1. The van der Waals surface area contributed by atoms with Gasteiger partial charge in [0.15, 0.2) is 0 Å². The molecule has 1 rings (SSSR count). The zero-order valence-corrected chi connectivity index (χ0v) is 8.07. The molecule has 3 nitrogen and oxygen atoms in total. The third-order valence-corrected chi connectivity index (χ3v) is 1.82. The molecule has 0 radical (unpaired) electrons. The standard InChI is InChI=1S/C10H8O3S/c11-9(12)6-8(10(13)14)7-4-2-1-3-5-7/h1-6H,(H,11,12)(H,13,14)/b8-6+. The molecule has 0 aliphatic heterocycles. The number of carbonyl (C=O) groups is 2. The van der Waals surface area contributed by atoms with Crippen molar-refractivity contribution in [3.05, 3.63) is 42.0 Å². The molecule has 72 valence electrons. The molecule has 0 spiro atoms. The van der Waals surface area contributed by atoms with Gasteiger partial charge >= 0.3 is 5.97 Å². The number of rotatable bonds is 3. The molecule has 0 saturated heterocycles. The van der Waals surface area contributed by atoms with Gasteiger partial charge in [0.1, 0.15) is 0 Å². The molecular weight excluding hydrogens is 200 g/mol. The van der Waals surface area contributed by atoms with E-state index < -0.39 is 11.1 Å². The van der Waals surface area contributed by atoms with Crippen LogP contribution in [0.2, 0.25) is 0 Å². The van der Waals surface area contributed by atoms with Crippen LogP contribution in [0.25, 0.3) is 5.57 Å². The van der Waals surface area contributed by atoms with Crippen LogP contribution in [-0.2, 0) is 9.59 Å². The van der Waals surface area contributed by atoms with E-state index in [1.807, 2.05) is 0 Å². The number of benzene rings is 1. The first-order valence-electron chi connectivity index (χ1n) is 3.84. The van der Waals surface area contributed by atoms with Gasteiger partial charge in [-0.25, -0.2) is 4.79 Å². The van der Waals surface area contributed by atoms with Crippen molar-refractivity contribution in [1.82, 2.24) is 0 Å². The maximum Gasteiger partial charge on any atom is 0.329 e. The van der Waals surface area contributed by atoms with Crippen molar-refractivity contribution in [2.45, 2.75) is 0 Å². The highest BCUT2D eigenvalue weighted by molar-refractivity contribution is 7.98. The molecule has 0 saturated carbocycles. The van der Waals surface area contributed by atoms with E-state index in [4.69, 9.17) is 5.11 Å². The van der Waals surface area contributed by atoms with Gasteiger partial charge in [0, 0.05) is 11.6 Å². The summed E-state index contributed by atoms with van der Waals surface area (Å²) >= 11 is 3.61. The maximum atomic E-state index is 11.0. The third kappa shape index (κ3) is 2.74. The quantitative estimate of drug-likeness (QED) is 0.586. The average Bonchev–Trinajstić information content (AvgIpc) is 2.15. The Bertz CT molecular complexity index is 382. The fourth-order valence-electron chi connectivity index (χ4n) is 1.01. The normalized spacial score (nSPS) is 11.1. The first kappa shape index (κ1) is 10.5. The van der Waals surface area contributed by atoms with E-state index in [1.165, 1.54) is 0 Å². The molecular formula is C10H8O3S. The van der Waals surface area contributed by atoms with Gasteiger partial charge in [-0.05, 0) is 5.56 Å². The smallest absolute Gasteiger partial charge is 0.329 e. The van der Waals surface area contributed by atoms with Crippen LogP contribution in [-0.4, -0.2) is 16.2 Å². The molecule has 1 aromatic rings. The summed E-state index contributed by atoms with van der Waals surface area (Å²) in [5.41, 5.74) is 0.635. The van der Waals surface area contributed by atoms with E-state index in [2.05, 4.69) is 12.6 Å². The Morgan fingerprint density at radius 2 is 1.79 bits per heavy atom. The first-order valence-corrected chi connectivity index (χ1v) is 4.29. The molecule has 0 aliphatic carbocycles. The molecule has 0 fully saturated rings. The van der Waals surface area contributed by atoms with E-state index in [1.54, 1.807) is 30.3 Å². The minimum absolute atomic E-state index is 0.0847. The maximum absolute atomic E-state index is 11.0. The average molecular weight is 208 g/mol. The fraction of sp³-hybridized carbons (Fsp3) is 0. The SMILES string of the molecule is O=C(O)/C=C(/C(=O)S)c1ccccc1. The predicted molar refractivity (Wildman–Crippen MR) is 56.0 cm³/mol. The second-order valence-corrected chi connectivity index (χ2v) is 2.97. The second-order valence-electron chi connectivity index (χ2n) is 2.57. The minimum atomic E-state index is -1.16. The van der Waals surface area contributed by atoms with Crippen molar-refractivity contribution in [2.75, 3.05) is 0 Å². The summed E-state index contributed by atoms with van der Waals surface area (Å²) in [6.45, 7) is 0. The van der Waals surface area contributed by atoms with E-state index >= 15 is 0 Å². The Balaban J connectivity index is 3.14. The lowest BCUT2D eigenvalue weighted by Gasteiger charge is -2.00. The van der Waals surface area contributed by atoms with Crippen molar-refractivity contribution in [3.8, 4) is 0 Å². The van der Waals surface area contributed by atoms with E-state index in [0.717, 1.165) is 6.08 Å². The van der Waals surface area contributed by atoms with Crippen LogP contribution in [0.4, 0.5) is 0 Å². The van der Waals surface area contributed by atoms with Gasteiger partial charge in [-0.3, -0.25) is 4.79 Å². The van der Waals surface area contributed by atoms with Crippen LogP contribution < -0.4 is 0 Å². The highest BCUT2D eigenvalue weighted by Crippen LogP contribution is 2.16. The van der Waals surface area contributed by atoms with Crippen LogP contribution in [0.5, 0.6) is 0 Å². The van der Waals surface area contributed by atoms with Crippen LogP contribution in [0, 0.1) is 0 Å². The number of carbonyl (C=O) groups excluding carboxylic acids is 1. The molecule has 0 unspecified atom stereocenters. The van der Waals surface area contributed by atoms with Gasteiger partial charge in [-0.2, -0.15) is 0 Å². The highest BCUT2D eigenvalue weighted by atomic mass is 32.1. The van der Waals surface area contributed by atoms with Crippen LogP contribution >= 0.6 is 12.6 Å². The Labute approximate surface area is 86.5 Å². The molecule has 0 atom stereocenters. The van der Waals surface area contributed by atoms with Crippen molar-refractivity contribution in [3.63, 3.8) is 0 Å². The summed E-state index contributed by atoms with van der Waals surface area (Å²) in [6, 6.07) is 8.54. The van der Waals surface area contributed by atoms with Crippen molar-refractivity contribution >= 4 is 29.3 Å². The minimum Gasteiger partial charge on any atom is -0.478 e. The fourth-order valence-corrected chi connectivity index (χ4v) is 1.20. The molecule has 4 heteroatoms. The van der Waals surface area contributed by atoms with Crippen LogP contribution in [0.15, 0.2) is 36.4 Å². The number of aliphatic carboxylic acids is 1. The summed E-state index contributed by atoms with van der Waals surface area (Å²) in [4.78, 5) is 21.4. The largest absolute Gasteiger partial charge is 0.478 e. The number of hydrogen-bond acceptors (Lipinski definition) is 2. The van der Waals surface area contributed by atoms with Gasteiger partial charge in [0.05, 0.1) is 0 Å². The number of thiol groups is 1. The number of carboxylic acid groups (broad SMARTS) is 1. The predicted octanol–water partition coefficient (Wildman–Crippen LogP) is 1.61. The Morgan fingerprint density at radius 1 is 1.21 bits per heavy atom. The van der Waals surface area contributed by atoms with Crippen LogP contribution in [0.3, 0.4) is 0 Å². The summed E-state index contributed by atoms with van der Waals surface area (Å²) in [7, 11) is 0. The van der Waals surface area contributed by atoms with E-state index in [0.29, 0.717) is 5.56 Å². The van der Waals surface area contributed by atoms with Gasteiger partial charge in [0.2, 0.25) is 5.12 Å². The number of hydrogen-bond donors (Lipinski definition) is 2. The van der Waals surface area contributed by atoms with Crippen molar-refractivity contribution in [2.24, 2.45) is 0 Å². The lowest BCUT2D eigenvalue weighted by Crippen LogP contribution is -1.98. The van der Waals surface area contributed by atoms with Crippen molar-refractivity contribution in [1.29, 1.82) is 0 Å². The van der Waals surface area contributed by atoms with Crippen LogP contribution in [0.1, 0.15) is 5.56 Å². The second kappa shape index (κ2) is 4.62. The molecule has 0 aromatic heterocycles. The first-order chi connectivity index (χ1) is 6.61. The zero-order chi connectivity index (χ0) is 10.6. The molecule has 0 amide bonds. The summed E-state index contributed by atoms with van der Waals surface area (Å²) in [5.74, 6) is -1.16. The molecule has 0 bridgehead atoms. The third-order valence-electron chi connectivity index (χ3n) is 1.58. The lowest BCUT2D eigenvalue weighted by molar-refractivity contribution is -0.131. The summed E-state index contributed by atoms with van der Waals surface area (Å²) in [5, 5.41) is 7.97. The molecule has 14 heavy (non-hydrogen) atoms. The number of carboxylic acids is 1. The van der Waals surface area contributed by atoms with Gasteiger partial charge in [-0.1, -0.05) is 30.3 Å². The monoisotopic (exact) mass is 208 g/mol. The molecule has 1 aromatic carbocycles. The Kier molecular flexibility index (Phi) is 3.48. The Morgan fingerprint density at radius 3 is 2.21 bits per heavy atom. The Hall–Kier alpha value is -1.55. The van der Waals surface area contributed by atoms with Gasteiger partial charge < -0.3 is 5.11 Å². The summed E-state index contributed by atoms with van der Waals surface area (Å²) in [6.07, 6.45) is 0.852. The van der Waals surface area contributed by atoms with E-state index in [-0.39, 0.29) is 5.57 Å². The topological polar surface area (TPSA) is 54.4 Å².